The van der Waals surface area contributed by atoms with E-state index in [1.807, 2.05) is 0 Å². The Morgan fingerprint density at radius 2 is 1.76 bits per heavy atom. The molecule has 0 saturated carbocycles. The molecule has 8 heteroatoms. The van der Waals surface area contributed by atoms with E-state index in [2.05, 4.69) is 5.32 Å². The molecule has 2 aromatic rings. The molecule has 25 heavy (non-hydrogen) atoms. The number of anilines is 2. The summed E-state index contributed by atoms with van der Waals surface area (Å²) in [7, 11) is 0. The predicted molar refractivity (Wildman–Crippen MR) is 94.1 cm³/mol. The molecule has 0 aliphatic heterocycles. The maximum Gasteiger partial charge on any atom is 0.226 e. The topological polar surface area (TPSA) is 49.4 Å². The van der Waals surface area contributed by atoms with Crippen molar-refractivity contribution in [3.05, 3.63) is 58.1 Å². The Morgan fingerprint density at radius 3 is 2.32 bits per heavy atom. The van der Waals surface area contributed by atoms with Gasteiger partial charge in [-0.1, -0.05) is 29.3 Å². The first-order valence-corrected chi connectivity index (χ1v) is 8.02. The zero-order chi connectivity index (χ0) is 18.6. The average molecular weight is 387 g/mol. The van der Waals surface area contributed by atoms with Crippen LogP contribution >= 0.6 is 23.2 Å². The van der Waals surface area contributed by atoms with Crippen LogP contribution in [0.5, 0.6) is 0 Å². The highest BCUT2D eigenvalue weighted by molar-refractivity contribution is 6.36. The lowest BCUT2D eigenvalue weighted by Gasteiger charge is -2.22. The normalized spacial score (nSPS) is 10.4. The van der Waals surface area contributed by atoms with Crippen LogP contribution in [0.1, 0.15) is 13.3 Å². The van der Waals surface area contributed by atoms with Crippen molar-refractivity contribution in [1.29, 1.82) is 0 Å². The van der Waals surface area contributed by atoms with E-state index in [1.54, 1.807) is 6.07 Å². The van der Waals surface area contributed by atoms with Crippen molar-refractivity contribution in [3.63, 3.8) is 0 Å². The van der Waals surface area contributed by atoms with E-state index in [0.717, 1.165) is 17.0 Å². The number of carbonyl (C=O) groups excluding carboxylic acids is 2. The molecule has 0 aliphatic carbocycles. The molecule has 0 fully saturated rings. The Balaban J connectivity index is 2.09. The summed E-state index contributed by atoms with van der Waals surface area (Å²) in [6.07, 6.45) is -0.174. The predicted octanol–water partition coefficient (Wildman–Crippen LogP) is 4.65. The molecule has 4 nitrogen and oxygen atoms in total. The second kappa shape index (κ2) is 8.27. The quantitative estimate of drug-likeness (QED) is 0.812. The summed E-state index contributed by atoms with van der Waals surface area (Å²) in [6, 6.07) is 7.84. The van der Waals surface area contributed by atoms with Crippen molar-refractivity contribution in [2.45, 2.75) is 13.3 Å². The van der Waals surface area contributed by atoms with Gasteiger partial charge in [0.25, 0.3) is 0 Å². The van der Waals surface area contributed by atoms with Gasteiger partial charge in [0.2, 0.25) is 11.8 Å². The second-order valence-corrected chi connectivity index (χ2v) is 6.01. The minimum Gasteiger partial charge on any atom is -0.325 e. The lowest BCUT2D eigenvalue weighted by atomic mass is 10.2. The molecule has 0 aromatic heterocycles. The van der Waals surface area contributed by atoms with E-state index in [9.17, 15) is 18.4 Å². The van der Waals surface area contributed by atoms with Crippen LogP contribution in [0.3, 0.4) is 0 Å². The summed E-state index contributed by atoms with van der Waals surface area (Å²) in [5.74, 6) is -2.80. The van der Waals surface area contributed by atoms with Crippen molar-refractivity contribution in [1.82, 2.24) is 0 Å². The standard InChI is InChI=1S/C17H14Cl2F2N2O2/c1-10(24)23(17-13(20)3-2-4-14(17)21)8-7-16(25)22-15-6-5-11(18)9-12(15)19/h2-6,9H,7-8H2,1H3,(H,22,25). The van der Waals surface area contributed by atoms with E-state index in [-0.39, 0.29) is 18.0 Å². The van der Waals surface area contributed by atoms with Gasteiger partial charge in [0, 0.05) is 24.9 Å². The van der Waals surface area contributed by atoms with Crippen LogP contribution in [0.25, 0.3) is 0 Å². The fourth-order valence-electron chi connectivity index (χ4n) is 2.19. The molecule has 0 aliphatic rings. The van der Waals surface area contributed by atoms with Gasteiger partial charge in [0.15, 0.2) is 0 Å². The molecule has 0 heterocycles. The Labute approximate surface area is 153 Å². The highest BCUT2D eigenvalue weighted by Gasteiger charge is 2.21. The number of halogens is 4. The molecular weight excluding hydrogens is 373 g/mol. The molecule has 2 rings (SSSR count). The van der Waals surface area contributed by atoms with Crippen LogP contribution in [-0.2, 0) is 9.59 Å². The summed E-state index contributed by atoms with van der Waals surface area (Å²) in [5.41, 5.74) is -0.130. The largest absolute Gasteiger partial charge is 0.325 e. The average Bonchev–Trinajstić information content (AvgIpc) is 2.52. The van der Waals surface area contributed by atoms with Gasteiger partial charge >= 0.3 is 0 Å². The summed E-state index contributed by atoms with van der Waals surface area (Å²) < 4.78 is 27.7. The highest BCUT2D eigenvalue weighted by Crippen LogP contribution is 2.26. The third-order valence-corrected chi connectivity index (χ3v) is 3.90. The van der Waals surface area contributed by atoms with Gasteiger partial charge in [-0.05, 0) is 30.3 Å². The number of amides is 2. The van der Waals surface area contributed by atoms with Crippen molar-refractivity contribution in [3.8, 4) is 0 Å². The van der Waals surface area contributed by atoms with E-state index >= 15 is 0 Å². The highest BCUT2D eigenvalue weighted by atomic mass is 35.5. The SMILES string of the molecule is CC(=O)N(CCC(=O)Nc1ccc(Cl)cc1Cl)c1c(F)cccc1F. The lowest BCUT2D eigenvalue weighted by molar-refractivity contribution is -0.117. The van der Waals surface area contributed by atoms with E-state index < -0.39 is 29.1 Å². The first-order chi connectivity index (χ1) is 11.8. The van der Waals surface area contributed by atoms with Gasteiger partial charge in [-0.3, -0.25) is 9.59 Å². The van der Waals surface area contributed by atoms with Crippen molar-refractivity contribution in [2.75, 3.05) is 16.8 Å². The van der Waals surface area contributed by atoms with Gasteiger partial charge in [-0.15, -0.1) is 0 Å². The van der Waals surface area contributed by atoms with Crippen molar-refractivity contribution < 1.29 is 18.4 Å². The lowest BCUT2D eigenvalue weighted by Crippen LogP contribution is -2.33. The van der Waals surface area contributed by atoms with E-state index in [0.29, 0.717) is 10.7 Å². The van der Waals surface area contributed by atoms with Gasteiger partial charge < -0.3 is 10.2 Å². The summed E-state index contributed by atoms with van der Waals surface area (Å²) in [4.78, 5) is 24.7. The van der Waals surface area contributed by atoms with Gasteiger partial charge in [0.1, 0.15) is 17.3 Å². The molecule has 0 spiro atoms. The Bertz CT molecular complexity index is 795. The molecule has 0 radical (unpaired) electrons. The maximum absolute atomic E-state index is 13.9. The smallest absolute Gasteiger partial charge is 0.226 e. The summed E-state index contributed by atoms with van der Waals surface area (Å²) >= 11 is 11.7. The number of para-hydroxylation sites is 1. The number of benzene rings is 2. The molecule has 2 aromatic carbocycles. The summed E-state index contributed by atoms with van der Waals surface area (Å²) in [6.45, 7) is 0.976. The summed E-state index contributed by atoms with van der Waals surface area (Å²) in [5, 5.41) is 3.23. The zero-order valence-corrected chi connectivity index (χ0v) is 14.7. The maximum atomic E-state index is 13.9. The molecule has 0 bridgehead atoms. The fourth-order valence-corrected chi connectivity index (χ4v) is 2.65. The molecule has 0 unspecified atom stereocenters. The number of nitrogens with one attached hydrogen (secondary N) is 1. The Morgan fingerprint density at radius 1 is 1.12 bits per heavy atom. The molecule has 0 saturated heterocycles. The number of rotatable bonds is 5. The number of hydrogen-bond donors (Lipinski definition) is 1. The van der Waals surface area contributed by atoms with Gasteiger partial charge in [-0.2, -0.15) is 0 Å². The van der Waals surface area contributed by atoms with Crippen LogP contribution in [0, 0.1) is 11.6 Å². The molecule has 2 amide bonds. The monoisotopic (exact) mass is 386 g/mol. The number of carbonyl (C=O) groups is 2. The van der Waals surface area contributed by atoms with E-state index in [4.69, 9.17) is 23.2 Å². The fraction of sp³-hybridized carbons (Fsp3) is 0.176. The third-order valence-electron chi connectivity index (χ3n) is 3.36. The minimum atomic E-state index is -0.878. The Hall–Kier alpha value is -2.18. The van der Waals surface area contributed by atoms with Crippen molar-refractivity contribution >= 4 is 46.4 Å². The van der Waals surface area contributed by atoms with Gasteiger partial charge in [0.05, 0.1) is 10.7 Å². The minimum absolute atomic E-state index is 0.174. The van der Waals surface area contributed by atoms with E-state index in [1.165, 1.54) is 25.1 Å². The zero-order valence-electron chi connectivity index (χ0n) is 13.2. The van der Waals surface area contributed by atoms with Crippen LogP contribution in [-0.4, -0.2) is 18.4 Å². The van der Waals surface area contributed by atoms with Crippen molar-refractivity contribution in [2.24, 2.45) is 0 Å². The molecule has 1 N–H and O–H groups in total. The molecule has 0 atom stereocenters. The third kappa shape index (κ3) is 4.90. The first-order valence-electron chi connectivity index (χ1n) is 7.26. The first kappa shape index (κ1) is 19.1. The molecular formula is C17H14Cl2F2N2O2. The van der Waals surface area contributed by atoms with Crippen LogP contribution in [0.15, 0.2) is 36.4 Å². The van der Waals surface area contributed by atoms with Crippen LogP contribution < -0.4 is 10.2 Å². The van der Waals surface area contributed by atoms with Crippen LogP contribution in [0.2, 0.25) is 10.0 Å². The molecule has 132 valence electrons. The van der Waals surface area contributed by atoms with Crippen LogP contribution in [0.4, 0.5) is 20.2 Å². The number of nitrogens with zero attached hydrogens (tertiary/aromatic N) is 1. The Kier molecular flexibility index (Phi) is 6.33. The van der Waals surface area contributed by atoms with Gasteiger partial charge in [-0.25, -0.2) is 8.78 Å². The number of hydrogen-bond acceptors (Lipinski definition) is 2. The second-order valence-electron chi connectivity index (χ2n) is 5.16.